The maximum atomic E-state index is 5.82. The summed E-state index contributed by atoms with van der Waals surface area (Å²) in [6.45, 7) is 4.44. The molecule has 1 aliphatic heterocycles. The topological polar surface area (TPSA) is 27.7 Å². The van der Waals surface area contributed by atoms with E-state index in [9.17, 15) is 0 Å². The van der Waals surface area contributed by atoms with Crippen molar-refractivity contribution in [3.8, 4) is 11.5 Å². The first-order chi connectivity index (χ1) is 8.81. The van der Waals surface area contributed by atoms with Gasteiger partial charge in [-0.05, 0) is 18.2 Å². The molecule has 0 aliphatic carbocycles. The van der Waals surface area contributed by atoms with Crippen molar-refractivity contribution in [2.75, 3.05) is 6.23 Å². The molecule has 0 radical (unpaired) electrons. The second kappa shape index (κ2) is 5.70. The van der Waals surface area contributed by atoms with Gasteiger partial charge in [0.2, 0.25) is 5.79 Å². The van der Waals surface area contributed by atoms with Crippen molar-refractivity contribution < 1.29 is 14.2 Å². The molecule has 2 rings (SSSR count). The Morgan fingerprint density at radius 3 is 2.74 bits per heavy atom. The van der Waals surface area contributed by atoms with Crippen LogP contribution in [0.1, 0.15) is 25.8 Å². The van der Waals surface area contributed by atoms with E-state index in [1.165, 1.54) is 0 Å². The molecule has 106 valence electrons. The zero-order valence-corrected chi connectivity index (χ0v) is 14.0. The van der Waals surface area contributed by atoms with Crippen molar-refractivity contribution in [2.24, 2.45) is 0 Å². The number of benzene rings is 1. The van der Waals surface area contributed by atoms with E-state index in [1.807, 2.05) is 32.0 Å². The molecule has 0 bridgehead atoms. The van der Waals surface area contributed by atoms with Crippen LogP contribution in [0.3, 0.4) is 0 Å². The predicted molar refractivity (Wildman–Crippen MR) is 79.4 cm³/mol. The number of fused-ring (bicyclic) bond motifs is 1. The smallest absolute Gasteiger partial charge is 0.377 e. The van der Waals surface area contributed by atoms with E-state index in [4.69, 9.17) is 47.4 Å². The van der Waals surface area contributed by atoms with Gasteiger partial charge in [-0.1, -0.05) is 6.92 Å². The van der Waals surface area contributed by atoms with Crippen LogP contribution in [0.2, 0.25) is 0 Å². The molecule has 1 unspecified atom stereocenters. The number of ether oxygens (including phenoxy) is 3. The average molecular weight is 342 g/mol. The molecule has 1 atom stereocenters. The van der Waals surface area contributed by atoms with Gasteiger partial charge < -0.3 is 14.2 Å². The molecular formula is C12H15Cl3O3Si. The molecule has 7 heteroatoms. The highest BCUT2D eigenvalue weighted by Crippen LogP contribution is 2.35. The van der Waals surface area contributed by atoms with Gasteiger partial charge >= 0.3 is 6.00 Å². The van der Waals surface area contributed by atoms with Gasteiger partial charge in [-0.25, -0.2) is 0 Å². The van der Waals surface area contributed by atoms with Gasteiger partial charge in [0.15, 0.2) is 0 Å². The Hall–Kier alpha value is -0.133. The first-order valence-electron chi connectivity index (χ1n) is 5.97. The van der Waals surface area contributed by atoms with Crippen molar-refractivity contribution in [2.45, 2.75) is 32.7 Å². The fourth-order valence-corrected chi connectivity index (χ4v) is 2.51. The number of rotatable bonds is 4. The Bertz CT molecular complexity index is 464. The minimum atomic E-state index is -2.77. The van der Waals surface area contributed by atoms with E-state index < -0.39 is 11.8 Å². The van der Waals surface area contributed by atoms with Gasteiger partial charge in [0.1, 0.15) is 17.7 Å². The lowest BCUT2D eigenvalue weighted by atomic mass is 10.1. The molecule has 1 aromatic carbocycles. The zero-order chi connectivity index (χ0) is 14.1. The fourth-order valence-electron chi connectivity index (χ4n) is 1.69. The van der Waals surface area contributed by atoms with Crippen LogP contribution in [0.25, 0.3) is 0 Å². The van der Waals surface area contributed by atoms with E-state index in [2.05, 4.69) is 0 Å². The third-order valence-corrected chi connectivity index (χ3v) is 4.39. The van der Waals surface area contributed by atoms with E-state index in [1.54, 1.807) is 0 Å². The fraction of sp³-hybridized carbons (Fsp3) is 0.500. The Morgan fingerprint density at radius 2 is 2.11 bits per heavy atom. The van der Waals surface area contributed by atoms with E-state index in [0.717, 1.165) is 17.7 Å². The maximum absolute atomic E-state index is 5.82. The SMILES string of the molecule is CCC1(C)OCc2cc(OC[Si](Cl)(Cl)Cl)ccc2O1. The summed E-state index contributed by atoms with van der Waals surface area (Å²) in [5, 5.41) is 0. The molecule has 3 nitrogen and oxygen atoms in total. The van der Waals surface area contributed by atoms with Crippen molar-refractivity contribution in [1.29, 1.82) is 0 Å². The van der Waals surface area contributed by atoms with Gasteiger partial charge in [-0.3, -0.25) is 0 Å². The Kier molecular flexibility index (Phi) is 4.58. The quantitative estimate of drug-likeness (QED) is 0.604. The van der Waals surface area contributed by atoms with Crippen LogP contribution >= 0.6 is 33.2 Å². The number of hydrogen-bond donors (Lipinski definition) is 0. The number of hydrogen-bond acceptors (Lipinski definition) is 3. The molecule has 0 fully saturated rings. The zero-order valence-electron chi connectivity index (χ0n) is 10.7. The molecule has 0 N–H and O–H groups in total. The van der Waals surface area contributed by atoms with Gasteiger partial charge in [-0.2, -0.15) is 0 Å². The molecule has 0 aromatic heterocycles. The standard InChI is InChI=1S/C12H15Cl3O3Si/c1-3-12(2)17-7-9-6-10(4-5-11(9)18-12)16-8-19(13,14)15/h4-6H,3,7-8H2,1-2H3. The summed E-state index contributed by atoms with van der Waals surface area (Å²) in [6.07, 6.45) is 0.911. The van der Waals surface area contributed by atoms with Crippen LogP contribution in [-0.4, -0.2) is 18.0 Å². The summed E-state index contributed by atoms with van der Waals surface area (Å²) in [5.41, 5.74) is 0.939. The van der Waals surface area contributed by atoms with Crippen molar-refractivity contribution in [3.63, 3.8) is 0 Å². The van der Waals surface area contributed by atoms with E-state index in [-0.39, 0.29) is 6.23 Å². The third-order valence-electron chi connectivity index (χ3n) is 2.94. The second-order valence-electron chi connectivity index (χ2n) is 4.55. The van der Waals surface area contributed by atoms with Crippen molar-refractivity contribution >= 4 is 39.2 Å². The third kappa shape index (κ3) is 4.16. The summed E-state index contributed by atoms with van der Waals surface area (Å²) in [5.74, 6) is 0.916. The molecule has 0 saturated heterocycles. The summed E-state index contributed by atoms with van der Waals surface area (Å²) < 4.78 is 17.0. The molecule has 19 heavy (non-hydrogen) atoms. The van der Waals surface area contributed by atoms with Crippen LogP contribution in [0.4, 0.5) is 0 Å². The van der Waals surface area contributed by atoms with Crippen molar-refractivity contribution in [3.05, 3.63) is 23.8 Å². The molecule has 0 amide bonds. The summed E-state index contributed by atoms with van der Waals surface area (Å²) >= 11 is 17.3. The molecule has 1 heterocycles. The molecule has 1 aromatic rings. The second-order valence-corrected chi connectivity index (χ2v) is 13.6. The van der Waals surface area contributed by atoms with E-state index >= 15 is 0 Å². The molecule has 1 aliphatic rings. The van der Waals surface area contributed by atoms with E-state index in [0.29, 0.717) is 12.4 Å². The molecule has 0 saturated carbocycles. The van der Waals surface area contributed by atoms with Crippen LogP contribution in [-0.2, 0) is 11.3 Å². The van der Waals surface area contributed by atoms with Crippen LogP contribution < -0.4 is 9.47 Å². The highest BCUT2D eigenvalue weighted by molar-refractivity contribution is 7.64. The van der Waals surface area contributed by atoms with Crippen molar-refractivity contribution in [1.82, 2.24) is 0 Å². The summed E-state index contributed by atoms with van der Waals surface area (Å²) in [7, 11) is 0. The summed E-state index contributed by atoms with van der Waals surface area (Å²) in [6, 6.07) is 2.76. The number of halogens is 3. The van der Waals surface area contributed by atoms with Gasteiger partial charge in [0, 0.05) is 18.9 Å². The highest BCUT2D eigenvalue weighted by Gasteiger charge is 2.31. The van der Waals surface area contributed by atoms with Crippen LogP contribution in [0, 0.1) is 0 Å². The van der Waals surface area contributed by atoms with Gasteiger partial charge in [0.05, 0.1) is 6.61 Å². The van der Waals surface area contributed by atoms with Gasteiger partial charge in [-0.15, -0.1) is 33.2 Å². The van der Waals surface area contributed by atoms with Crippen LogP contribution in [0.15, 0.2) is 18.2 Å². The highest BCUT2D eigenvalue weighted by atomic mass is 35.8. The normalized spacial score (nSPS) is 22.6. The lowest BCUT2D eigenvalue weighted by molar-refractivity contribution is -0.194. The lowest BCUT2D eigenvalue weighted by Gasteiger charge is -2.35. The lowest BCUT2D eigenvalue weighted by Crippen LogP contribution is -2.38. The minimum Gasteiger partial charge on any atom is -0.493 e. The summed E-state index contributed by atoms with van der Waals surface area (Å²) in [4.78, 5) is 0. The minimum absolute atomic E-state index is 0.130. The first kappa shape index (κ1) is 15.3. The van der Waals surface area contributed by atoms with Gasteiger partial charge in [0.25, 0.3) is 0 Å². The largest absolute Gasteiger partial charge is 0.493 e. The first-order valence-corrected chi connectivity index (χ1v) is 11.2. The predicted octanol–water partition coefficient (Wildman–Crippen LogP) is 4.30. The monoisotopic (exact) mass is 340 g/mol. The van der Waals surface area contributed by atoms with Crippen LogP contribution in [0.5, 0.6) is 11.5 Å². The Morgan fingerprint density at radius 1 is 1.37 bits per heavy atom. The Balaban J connectivity index is 2.09. The Labute approximate surface area is 127 Å². The molecular weight excluding hydrogens is 327 g/mol. The molecule has 0 spiro atoms. The average Bonchev–Trinajstić information content (AvgIpc) is 2.35. The maximum Gasteiger partial charge on any atom is 0.377 e.